The first-order valence-corrected chi connectivity index (χ1v) is 8.76. The van der Waals surface area contributed by atoms with Crippen LogP contribution in [0.4, 0.5) is 5.82 Å². The highest BCUT2D eigenvalue weighted by molar-refractivity contribution is 7.89. The fourth-order valence-electron chi connectivity index (χ4n) is 2.01. The summed E-state index contributed by atoms with van der Waals surface area (Å²) in [7, 11) is 1.59. The maximum absolute atomic E-state index is 12.3. The van der Waals surface area contributed by atoms with Gasteiger partial charge < -0.3 is 10.2 Å². The molecule has 0 aliphatic carbocycles. The Morgan fingerprint density at radius 3 is 2.42 bits per heavy atom. The molecule has 0 atom stereocenters. The fourth-order valence-corrected chi connectivity index (χ4v) is 3.02. The number of hydrogen-bond acceptors (Lipinski definition) is 5. The molecule has 0 radical (unpaired) electrons. The van der Waals surface area contributed by atoms with Gasteiger partial charge in [0.15, 0.2) is 0 Å². The third kappa shape index (κ3) is 4.30. The van der Waals surface area contributed by atoms with E-state index in [0.29, 0.717) is 5.56 Å². The van der Waals surface area contributed by atoms with Crippen molar-refractivity contribution in [2.24, 2.45) is 0 Å². The van der Waals surface area contributed by atoms with Crippen LogP contribution in [0.5, 0.6) is 0 Å². The maximum Gasteiger partial charge on any atom is 0.251 e. The molecule has 7 nitrogen and oxygen atoms in total. The van der Waals surface area contributed by atoms with E-state index in [9.17, 15) is 13.2 Å². The molecule has 0 aliphatic rings. The minimum Gasteiger partial charge on any atom is -0.363 e. The van der Waals surface area contributed by atoms with Crippen molar-refractivity contribution in [1.29, 1.82) is 0 Å². The second kappa shape index (κ2) is 7.41. The normalized spacial score (nSPS) is 11.1. The first-order chi connectivity index (χ1) is 11.3. The molecule has 0 unspecified atom stereocenters. The second-order valence-corrected chi connectivity index (χ2v) is 7.11. The lowest BCUT2D eigenvalue weighted by Gasteiger charge is -2.12. The summed E-state index contributed by atoms with van der Waals surface area (Å²) >= 11 is 0. The number of pyridine rings is 1. The van der Waals surface area contributed by atoms with Gasteiger partial charge in [-0.3, -0.25) is 4.79 Å². The van der Waals surface area contributed by atoms with E-state index in [1.165, 1.54) is 31.3 Å². The van der Waals surface area contributed by atoms with Gasteiger partial charge in [0.1, 0.15) is 5.82 Å². The Hall–Kier alpha value is -2.45. The molecule has 0 bridgehead atoms. The zero-order valence-corrected chi connectivity index (χ0v) is 14.6. The first kappa shape index (κ1) is 17.9. The highest BCUT2D eigenvalue weighted by Crippen LogP contribution is 2.13. The number of hydrogen-bond donors (Lipinski definition) is 2. The number of nitrogens with zero attached hydrogens (tertiary/aromatic N) is 2. The second-order valence-electron chi connectivity index (χ2n) is 5.34. The number of nitrogens with one attached hydrogen (secondary N) is 2. The Labute approximate surface area is 141 Å². The lowest BCUT2D eigenvalue weighted by Crippen LogP contribution is -2.24. The van der Waals surface area contributed by atoms with E-state index in [1.807, 2.05) is 25.1 Å². The molecule has 2 N–H and O–H groups in total. The number of aromatic nitrogens is 1. The molecule has 1 aromatic carbocycles. The van der Waals surface area contributed by atoms with E-state index in [4.69, 9.17) is 0 Å². The minimum absolute atomic E-state index is 0.108. The van der Waals surface area contributed by atoms with Crippen LogP contribution in [0.3, 0.4) is 0 Å². The monoisotopic (exact) mass is 348 g/mol. The highest BCUT2D eigenvalue weighted by Gasteiger charge is 2.14. The average molecular weight is 348 g/mol. The van der Waals surface area contributed by atoms with Crippen LogP contribution in [-0.2, 0) is 16.6 Å². The van der Waals surface area contributed by atoms with Crippen molar-refractivity contribution in [2.45, 2.75) is 11.4 Å². The van der Waals surface area contributed by atoms with Crippen molar-refractivity contribution in [3.05, 3.63) is 53.7 Å². The van der Waals surface area contributed by atoms with Gasteiger partial charge in [-0.1, -0.05) is 0 Å². The third-order valence-corrected chi connectivity index (χ3v) is 4.81. The number of benzene rings is 1. The molecule has 24 heavy (non-hydrogen) atoms. The van der Waals surface area contributed by atoms with Gasteiger partial charge in [0.25, 0.3) is 5.91 Å². The van der Waals surface area contributed by atoms with Gasteiger partial charge in [0.05, 0.1) is 4.90 Å². The zero-order valence-electron chi connectivity index (χ0n) is 13.8. The predicted molar refractivity (Wildman–Crippen MR) is 92.4 cm³/mol. The Bertz CT molecular complexity index is 817. The standard InChI is InChI=1S/C16H20N4O3S/c1-17-16(21)13-4-6-14(7-5-13)24(22,23)19-11-12-8-9-18-15(10-12)20(2)3/h4-10,19H,11H2,1-3H3,(H,17,21). The molecule has 8 heteroatoms. The topological polar surface area (TPSA) is 91.4 Å². The van der Waals surface area contributed by atoms with E-state index in [2.05, 4.69) is 15.0 Å². The van der Waals surface area contributed by atoms with Crippen LogP contribution in [0, 0.1) is 0 Å². The Morgan fingerprint density at radius 2 is 1.83 bits per heavy atom. The van der Waals surface area contributed by atoms with Gasteiger partial charge in [-0.2, -0.15) is 0 Å². The molecule has 0 fully saturated rings. The lowest BCUT2D eigenvalue weighted by molar-refractivity contribution is 0.0963. The number of rotatable bonds is 6. The molecule has 2 rings (SSSR count). The summed E-state index contributed by atoms with van der Waals surface area (Å²) in [5.41, 5.74) is 1.21. The number of anilines is 1. The van der Waals surface area contributed by atoms with Crippen molar-refractivity contribution >= 4 is 21.7 Å². The molecular formula is C16H20N4O3S. The Kier molecular flexibility index (Phi) is 5.53. The van der Waals surface area contributed by atoms with E-state index < -0.39 is 10.0 Å². The average Bonchev–Trinajstić information content (AvgIpc) is 2.59. The molecule has 1 heterocycles. The molecule has 0 spiro atoms. The van der Waals surface area contributed by atoms with E-state index >= 15 is 0 Å². The van der Waals surface area contributed by atoms with E-state index in [1.54, 1.807) is 12.3 Å². The van der Waals surface area contributed by atoms with Crippen molar-refractivity contribution in [1.82, 2.24) is 15.0 Å². The van der Waals surface area contributed by atoms with E-state index in [-0.39, 0.29) is 17.3 Å². The van der Waals surface area contributed by atoms with Crippen LogP contribution in [0.2, 0.25) is 0 Å². The number of carbonyl (C=O) groups is 1. The van der Waals surface area contributed by atoms with Crippen LogP contribution in [-0.4, -0.2) is 40.5 Å². The van der Waals surface area contributed by atoms with Crippen LogP contribution < -0.4 is 14.9 Å². The summed E-state index contributed by atoms with van der Waals surface area (Å²) in [5, 5.41) is 2.49. The summed E-state index contributed by atoms with van der Waals surface area (Å²) in [6.45, 7) is 0.156. The van der Waals surface area contributed by atoms with Crippen LogP contribution in [0.1, 0.15) is 15.9 Å². The van der Waals surface area contributed by atoms with Gasteiger partial charge in [-0.15, -0.1) is 0 Å². The molecule has 0 saturated heterocycles. The summed E-state index contributed by atoms with van der Waals surface area (Å²) in [6.07, 6.45) is 1.64. The summed E-state index contributed by atoms with van der Waals surface area (Å²) in [6, 6.07) is 9.34. The molecule has 0 aliphatic heterocycles. The van der Waals surface area contributed by atoms with Crippen molar-refractivity contribution < 1.29 is 13.2 Å². The molecular weight excluding hydrogens is 328 g/mol. The lowest BCUT2D eigenvalue weighted by atomic mass is 10.2. The van der Waals surface area contributed by atoms with Gasteiger partial charge in [-0.05, 0) is 42.0 Å². The van der Waals surface area contributed by atoms with Crippen molar-refractivity contribution in [3.8, 4) is 0 Å². The summed E-state index contributed by atoms with van der Waals surface area (Å²) in [4.78, 5) is 17.6. The molecule has 128 valence electrons. The molecule has 1 amide bonds. The minimum atomic E-state index is -3.66. The van der Waals surface area contributed by atoms with Gasteiger partial charge in [0.2, 0.25) is 10.0 Å². The van der Waals surface area contributed by atoms with Gasteiger partial charge in [0, 0.05) is 39.4 Å². The third-order valence-electron chi connectivity index (χ3n) is 3.39. The summed E-state index contributed by atoms with van der Waals surface area (Å²) < 4.78 is 27.2. The van der Waals surface area contributed by atoms with Gasteiger partial charge >= 0.3 is 0 Å². The SMILES string of the molecule is CNC(=O)c1ccc(S(=O)(=O)NCc2ccnc(N(C)C)c2)cc1. The molecule has 1 aromatic heterocycles. The largest absolute Gasteiger partial charge is 0.363 e. The van der Waals surface area contributed by atoms with Gasteiger partial charge in [-0.25, -0.2) is 18.1 Å². The summed E-state index contributed by atoms with van der Waals surface area (Å²) in [5.74, 6) is 0.488. The molecule has 0 saturated carbocycles. The van der Waals surface area contributed by atoms with Crippen LogP contribution >= 0.6 is 0 Å². The quantitative estimate of drug-likeness (QED) is 0.812. The smallest absolute Gasteiger partial charge is 0.251 e. The zero-order chi connectivity index (χ0) is 17.7. The maximum atomic E-state index is 12.3. The highest BCUT2D eigenvalue weighted by atomic mass is 32.2. The predicted octanol–water partition coefficient (Wildman–Crippen LogP) is 0.986. The number of sulfonamides is 1. The Balaban J connectivity index is 2.11. The Morgan fingerprint density at radius 1 is 1.17 bits per heavy atom. The van der Waals surface area contributed by atoms with E-state index in [0.717, 1.165) is 11.4 Å². The van der Waals surface area contributed by atoms with Crippen molar-refractivity contribution in [2.75, 3.05) is 26.0 Å². The van der Waals surface area contributed by atoms with Crippen LogP contribution in [0.15, 0.2) is 47.5 Å². The van der Waals surface area contributed by atoms with Crippen molar-refractivity contribution in [3.63, 3.8) is 0 Å². The first-order valence-electron chi connectivity index (χ1n) is 7.27. The fraction of sp³-hybridized carbons (Fsp3) is 0.250. The number of amides is 1. The number of carbonyl (C=O) groups excluding carboxylic acids is 1. The molecule has 2 aromatic rings. The van der Waals surface area contributed by atoms with Crippen LogP contribution in [0.25, 0.3) is 0 Å².